The SMILES string of the molecule is CN(C)C(=O)CNC(=NCc1ccc2c(c1)OCO2)NCc1cccs1. The van der Waals surface area contributed by atoms with Crippen molar-refractivity contribution in [1.29, 1.82) is 0 Å². The lowest BCUT2D eigenvalue weighted by Crippen LogP contribution is -2.42. The maximum Gasteiger partial charge on any atom is 0.241 e. The molecular weight excluding hydrogens is 352 g/mol. The van der Waals surface area contributed by atoms with Crippen molar-refractivity contribution in [2.24, 2.45) is 4.99 Å². The Bertz CT molecular complexity index is 775. The third-order valence-electron chi connectivity index (χ3n) is 3.77. The molecule has 1 aromatic carbocycles. The highest BCUT2D eigenvalue weighted by Crippen LogP contribution is 2.32. The number of benzene rings is 1. The van der Waals surface area contributed by atoms with Crippen LogP contribution in [0.1, 0.15) is 10.4 Å². The molecule has 0 fully saturated rings. The molecule has 2 heterocycles. The molecule has 3 rings (SSSR count). The lowest BCUT2D eigenvalue weighted by atomic mass is 10.2. The molecule has 0 aliphatic carbocycles. The van der Waals surface area contributed by atoms with Crippen LogP contribution in [0.2, 0.25) is 0 Å². The number of likely N-dealkylation sites (N-methyl/N-ethyl adjacent to an activating group) is 1. The molecule has 0 spiro atoms. The smallest absolute Gasteiger partial charge is 0.241 e. The Kier molecular flexibility index (Phi) is 5.96. The number of ether oxygens (including phenoxy) is 2. The van der Waals surface area contributed by atoms with Crippen LogP contribution in [0.3, 0.4) is 0 Å². The Hall–Kier alpha value is -2.74. The number of hydrogen-bond donors (Lipinski definition) is 2. The monoisotopic (exact) mass is 374 g/mol. The van der Waals surface area contributed by atoms with E-state index in [-0.39, 0.29) is 19.2 Å². The fourth-order valence-corrected chi connectivity index (χ4v) is 2.93. The van der Waals surface area contributed by atoms with Crippen molar-refractivity contribution >= 4 is 23.2 Å². The maximum atomic E-state index is 11.8. The second-order valence-corrected chi connectivity index (χ2v) is 6.96. The van der Waals surface area contributed by atoms with Crippen LogP contribution in [0.5, 0.6) is 11.5 Å². The van der Waals surface area contributed by atoms with Crippen LogP contribution in [0.4, 0.5) is 0 Å². The summed E-state index contributed by atoms with van der Waals surface area (Å²) in [4.78, 5) is 19.2. The van der Waals surface area contributed by atoms with Gasteiger partial charge >= 0.3 is 0 Å². The van der Waals surface area contributed by atoms with Crippen LogP contribution in [0.25, 0.3) is 0 Å². The van der Waals surface area contributed by atoms with E-state index in [1.54, 1.807) is 30.3 Å². The molecule has 1 aliphatic rings. The van der Waals surface area contributed by atoms with Crippen LogP contribution >= 0.6 is 11.3 Å². The number of nitrogens with zero attached hydrogens (tertiary/aromatic N) is 2. The predicted molar refractivity (Wildman–Crippen MR) is 102 cm³/mol. The quantitative estimate of drug-likeness (QED) is 0.596. The van der Waals surface area contributed by atoms with Gasteiger partial charge < -0.3 is 25.0 Å². The average Bonchev–Trinajstić information content (AvgIpc) is 3.31. The summed E-state index contributed by atoms with van der Waals surface area (Å²) < 4.78 is 10.7. The van der Waals surface area contributed by atoms with E-state index >= 15 is 0 Å². The van der Waals surface area contributed by atoms with Crippen LogP contribution in [-0.2, 0) is 17.9 Å². The third kappa shape index (κ3) is 4.89. The molecule has 26 heavy (non-hydrogen) atoms. The minimum Gasteiger partial charge on any atom is -0.454 e. The minimum absolute atomic E-state index is 0.0151. The summed E-state index contributed by atoms with van der Waals surface area (Å²) in [6.07, 6.45) is 0. The second kappa shape index (κ2) is 8.57. The van der Waals surface area contributed by atoms with Gasteiger partial charge in [-0.15, -0.1) is 11.3 Å². The minimum atomic E-state index is -0.0151. The van der Waals surface area contributed by atoms with Crippen molar-refractivity contribution in [2.45, 2.75) is 13.1 Å². The molecule has 2 aromatic rings. The molecular formula is C18H22N4O3S. The lowest BCUT2D eigenvalue weighted by molar-refractivity contribution is -0.127. The molecule has 0 saturated carbocycles. The van der Waals surface area contributed by atoms with Gasteiger partial charge in [0, 0.05) is 19.0 Å². The summed E-state index contributed by atoms with van der Waals surface area (Å²) in [6.45, 7) is 1.56. The van der Waals surface area contributed by atoms with Crippen molar-refractivity contribution in [1.82, 2.24) is 15.5 Å². The number of rotatable bonds is 6. The highest BCUT2D eigenvalue weighted by atomic mass is 32.1. The van der Waals surface area contributed by atoms with Gasteiger partial charge in [0.15, 0.2) is 17.5 Å². The van der Waals surface area contributed by atoms with Gasteiger partial charge in [0.05, 0.1) is 19.6 Å². The number of thiophene rings is 1. The average molecular weight is 374 g/mol. The molecule has 2 N–H and O–H groups in total. The molecule has 7 nitrogen and oxygen atoms in total. The number of carbonyl (C=O) groups is 1. The molecule has 138 valence electrons. The van der Waals surface area contributed by atoms with Gasteiger partial charge in [0.1, 0.15) is 0 Å². The van der Waals surface area contributed by atoms with Crippen molar-refractivity contribution < 1.29 is 14.3 Å². The van der Waals surface area contributed by atoms with Gasteiger partial charge in [-0.2, -0.15) is 0 Å². The Morgan fingerprint density at radius 2 is 2.08 bits per heavy atom. The summed E-state index contributed by atoms with van der Waals surface area (Å²) in [6, 6.07) is 9.83. The van der Waals surface area contributed by atoms with E-state index < -0.39 is 0 Å². The lowest BCUT2D eigenvalue weighted by Gasteiger charge is -2.14. The fourth-order valence-electron chi connectivity index (χ4n) is 2.29. The number of fused-ring (bicyclic) bond motifs is 1. The second-order valence-electron chi connectivity index (χ2n) is 5.93. The fraction of sp³-hybridized carbons (Fsp3) is 0.333. The zero-order valence-corrected chi connectivity index (χ0v) is 15.6. The molecule has 8 heteroatoms. The Morgan fingerprint density at radius 3 is 2.85 bits per heavy atom. The van der Waals surface area contributed by atoms with Crippen molar-refractivity contribution in [3.8, 4) is 11.5 Å². The number of hydrogen-bond acceptors (Lipinski definition) is 5. The highest BCUT2D eigenvalue weighted by molar-refractivity contribution is 7.09. The van der Waals surface area contributed by atoms with E-state index in [0.29, 0.717) is 19.0 Å². The van der Waals surface area contributed by atoms with Crippen molar-refractivity contribution in [3.05, 3.63) is 46.2 Å². The van der Waals surface area contributed by atoms with Crippen LogP contribution in [-0.4, -0.2) is 44.2 Å². The normalized spacial score (nSPS) is 12.8. The molecule has 0 radical (unpaired) electrons. The Balaban J connectivity index is 1.64. The van der Waals surface area contributed by atoms with Crippen LogP contribution in [0, 0.1) is 0 Å². The summed E-state index contributed by atoms with van der Waals surface area (Å²) in [5.41, 5.74) is 1.01. The first-order valence-corrected chi connectivity index (χ1v) is 9.13. The van der Waals surface area contributed by atoms with Gasteiger partial charge in [0.2, 0.25) is 12.7 Å². The predicted octanol–water partition coefficient (Wildman–Crippen LogP) is 1.80. The number of carbonyl (C=O) groups excluding carboxylic acids is 1. The zero-order chi connectivity index (χ0) is 18.4. The molecule has 0 atom stereocenters. The summed E-state index contributed by atoms with van der Waals surface area (Å²) in [5.74, 6) is 2.06. The third-order valence-corrected chi connectivity index (χ3v) is 4.65. The van der Waals surface area contributed by atoms with E-state index in [4.69, 9.17) is 9.47 Å². The van der Waals surface area contributed by atoms with E-state index in [1.165, 1.54) is 4.88 Å². The van der Waals surface area contributed by atoms with E-state index in [2.05, 4.69) is 21.7 Å². The Labute approximate surface area is 156 Å². The van der Waals surface area contributed by atoms with Crippen molar-refractivity contribution in [3.63, 3.8) is 0 Å². The van der Waals surface area contributed by atoms with Gasteiger partial charge in [-0.1, -0.05) is 12.1 Å². The van der Waals surface area contributed by atoms with Gasteiger partial charge in [-0.25, -0.2) is 4.99 Å². The van der Waals surface area contributed by atoms with E-state index in [1.807, 2.05) is 29.6 Å². The molecule has 0 saturated heterocycles. The molecule has 0 bridgehead atoms. The summed E-state index contributed by atoms with van der Waals surface area (Å²) >= 11 is 1.67. The van der Waals surface area contributed by atoms with Gasteiger partial charge in [0.25, 0.3) is 0 Å². The topological polar surface area (TPSA) is 75.2 Å². The summed E-state index contributed by atoms with van der Waals surface area (Å²) in [7, 11) is 3.46. The largest absolute Gasteiger partial charge is 0.454 e. The van der Waals surface area contributed by atoms with E-state index in [9.17, 15) is 4.79 Å². The highest BCUT2D eigenvalue weighted by Gasteiger charge is 2.13. The van der Waals surface area contributed by atoms with Gasteiger partial charge in [-0.05, 0) is 29.1 Å². The molecule has 1 aromatic heterocycles. The number of amides is 1. The molecule has 1 aliphatic heterocycles. The van der Waals surface area contributed by atoms with Crippen LogP contribution < -0.4 is 20.1 Å². The number of aliphatic imine (C=N–C) groups is 1. The summed E-state index contributed by atoms with van der Waals surface area (Å²) in [5, 5.41) is 8.38. The first kappa shape index (κ1) is 18.1. The zero-order valence-electron chi connectivity index (χ0n) is 14.8. The molecule has 0 unspecified atom stereocenters. The standard InChI is InChI=1S/C18H22N4O3S/c1-22(2)17(23)11-21-18(20-10-14-4-3-7-26-14)19-9-13-5-6-15-16(8-13)25-12-24-15/h3-8H,9-12H2,1-2H3,(H2,19,20,21). The van der Waals surface area contributed by atoms with Gasteiger partial charge in [-0.3, -0.25) is 4.79 Å². The van der Waals surface area contributed by atoms with Crippen LogP contribution in [0.15, 0.2) is 40.7 Å². The van der Waals surface area contributed by atoms with Crippen molar-refractivity contribution in [2.75, 3.05) is 27.4 Å². The molecule has 1 amide bonds. The Morgan fingerprint density at radius 1 is 1.23 bits per heavy atom. The first-order chi connectivity index (χ1) is 12.6. The number of nitrogens with one attached hydrogen (secondary N) is 2. The first-order valence-electron chi connectivity index (χ1n) is 8.25. The van der Waals surface area contributed by atoms with E-state index in [0.717, 1.165) is 17.1 Å². The maximum absolute atomic E-state index is 11.8. The number of guanidine groups is 1.